The molecule has 1 aromatic heterocycles. The van der Waals surface area contributed by atoms with Gasteiger partial charge in [0.25, 0.3) is 0 Å². The molecule has 3 rings (SSSR count). The number of carbonyl (C=O) groups is 1. The number of methoxy groups -OCH3 is 1. The van der Waals surface area contributed by atoms with Gasteiger partial charge in [-0.15, -0.1) is 10.2 Å². The van der Waals surface area contributed by atoms with Gasteiger partial charge in [-0.3, -0.25) is 4.79 Å². The number of carbonyl (C=O) groups excluding carboxylic acids is 1. The van der Waals surface area contributed by atoms with Gasteiger partial charge in [0, 0.05) is 18.3 Å². The van der Waals surface area contributed by atoms with Crippen LogP contribution in [0.3, 0.4) is 0 Å². The molecule has 1 amide bonds. The summed E-state index contributed by atoms with van der Waals surface area (Å²) < 4.78 is 6.95. The number of aromatic nitrogens is 3. The summed E-state index contributed by atoms with van der Waals surface area (Å²) in [5, 5.41) is 12.2. The molecule has 3 aromatic rings. The summed E-state index contributed by atoms with van der Waals surface area (Å²) in [5.74, 6) is 1.28. The van der Waals surface area contributed by atoms with Crippen LogP contribution in [0.5, 0.6) is 5.75 Å². The SMILES string of the molecule is COc1ccc(NC(=O)[C@H](C)Sc2nnc(-c3ccccc3Cl)n2C)cc1. The monoisotopic (exact) mass is 402 g/mol. The Balaban J connectivity index is 1.69. The Morgan fingerprint density at radius 1 is 1.19 bits per heavy atom. The van der Waals surface area contributed by atoms with Gasteiger partial charge in [-0.2, -0.15) is 0 Å². The number of benzene rings is 2. The van der Waals surface area contributed by atoms with E-state index in [2.05, 4.69) is 15.5 Å². The lowest BCUT2D eigenvalue weighted by atomic mass is 10.2. The number of hydrogen-bond donors (Lipinski definition) is 1. The van der Waals surface area contributed by atoms with Crippen molar-refractivity contribution in [2.24, 2.45) is 7.05 Å². The Morgan fingerprint density at radius 3 is 2.56 bits per heavy atom. The minimum Gasteiger partial charge on any atom is -0.497 e. The third kappa shape index (κ3) is 4.43. The number of anilines is 1. The maximum atomic E-state index is 12.5. The van der Waals surface area contributed by atoms with Crippen molar-refractivity contribution in [2.45, 2.75) is 17.3 Å². The maximum absolute atomic E-state index is 12.5. The van der Waals surface area contributed by atoms with Crippen LogP contribution in [0.1, 0.15) is 6.92 Å². The van der Waals surface area contributed by atoms with Gasteiger partial charge in [-0.25, -0.2) is 0 Å². The van der Waals surface area contributed by atoms with E-state index in [9.17, 15) is 4.79 Å². The quantitative estimate of drug-likeness (QED) is 0.624. The summed E-state index contributed by atoms with van der Waals surface area (Å²) >= 11 is 7.58. The Labute approximate surface area is 166 Å². The number of ether oxygens (including phenoxy) is 1. The Bertz CT molecular complexity index is 943. The van der Waals surface area contributed by atoms with E-state index in [1.807, 2.05) is 42.8 Å². The van der Waals surface area contributed by atoms with Gasteiger partial charge in [0.15, 0.2) is 11.0 Å². The summed E-state index contributed by atoms with van der Waals surface area (Å²) in [6.07, 6.45) is 0. The molecule has 6 nitrogen and oxygen atoms in total. The van der Waals surface area contributed by atoms with Crippen LogP contribution in [0.25, 0.3) is 11.4 Å². The molecule has 0 aliphatic heterocycles. The zero-order chi connectivity index (χ0) is 19.4. The van der Waals surface area contributed by atoms with E-state index in [1.165, 1.54) is 11.8 Å². The van der Waals surface area contributed by atoms with Crippen LogP contribution in [-0.2, 0) is 11.8 Å². The highest BCUT2D eigenvalue weighted by atomic mass is 35.5. The van der Waals surface area contributed by atoms with Gasteiger partial charge in [0.1, 0.15) is 5.75 Å². The second-order valence-electron chi connectivity index (χ2n) is 5.82. The van der Waals surface area contributed by atoms with E-state index in [-0.39, 0.29) is 11.2 Å². The lowest BCUT2D eigenvalue weighted by molar-refractivity contribution is -0.115. The minimum absolute atomic E-state index is 0.118. The molecule has 1 N–H and O–H groups in total. The molecule has 0 aliphatic rings. The third-order valence-corrected chi connectivity index (χ3v) is 5.42. The highest BCUT2D eigenvalue weighted by Gasteiger charge is 2.20. The second kappa shape index (κ2) is 8.45. The molecule has 1 atom stereocenters. The number of nitrogens with one attached hydrogen (secondary N) is 1. The van der Waals surface area contributed by atoms with Gasteiger partial charge in [-0.1, -0.05) is 35.5 Å². The second-order valence-corrected chi connectivity index (χ2v) is 7.54. The smallest absolute Gasteiger partial charge is 0.237 e. The van der Waals surface area contributed by atoms with Gasteiger partial charge < -0.3 is 14.6 Å². The van der Waals surface area contributed by atoms with Crippen LogP contribution in [0, 0.1) is 0 Å². The molecule has 27 heavy (non-hydrogen) atoms. The van der Waals surface area contributed by atoms with Crippen LogP contribution in [-0.4, -0.2) is 33.0 Å². The van der Waals surface area contributed by atoms with Crippen molar-refractivity contribution in [3.05, 3.63) is 53.6 Å². The molecule has 0 bridgehead atoms. The molecule has 2 aromatic carbocycles. The number of halogens is 1. The molecule has 0 spiro atoms. The van der Waals surface area contributed by atoms with E-state index >= 15 is 0 Å². The summed E-state index contributed by atoms with van der Waals surface area (Å²) in [6, 6.07) is 14.6. The number of hydrogen-bond acceptors (Lipinski definition) is 5. The van der Waals surface area contributed by atoms with E-state index < -0.39 is 0 Å². The molecule has 0 aliphatic carbocycles. The van der Waals surface area contributed by atoms with Crippen LogP contribution in [0.2, 0.25) is 5.02 Å². The van der Waals surface area contributed by atoms with Crippen molar-refractivity contribution in [1.29, 1.82) is 0 Å². The average molecular weight is 403 g/mol. The van der Waals surface area contributed by atoms with Crippen LogP contribution < -0.4 is 10.1 Å². The third-order valence-electron chi connectivity index (χ3n) is 3.96. The highest BCUT2D eigenvalue weighted by molar-refractivity contribution is 8.00. The van der Waals surface area contributed by atoms with E-state index in [0.717, 1.165) is 11.3 Å². The number of amides is 1. The molecule has 8 heteroatoms. The van der Waals surface area contributed by atoms with Crippen molar-refractivity contribution in [1.82, 2.24) is 14.8 Å². The van der Waals surface area contributed by atoms with E-state index in [4.69, 9.17) is 16.3 Å². The Hall–Kier alpha value is -2.51. The molecular weight excluding hydrogens is 384 g/mol. The molecule has 140 valence electrons. The van der Waals surface area contributed by atoms with Crippen molar-refractivity contribution in [3.8, 4) is 17.1 Å². The van der Waals surface area contributed by atoms with Crippen molar-refractivity contribution >= 4 is 35.0 Å². The lowest BCUT2D eigenvalue weighted by Gasteiger charge is -2.12. The summed E-state index contributed by atoms with van der Waals surface area (Å²) in [6.45, 7) is 1.83. The van der Waals surface area contributed by atoms with Gasteiger partial charge in [0.05, 0.1) is 17.4 Å². The first-order valence-electron chi connectivity index (χ1n) is 8.25. The normalized spacial score (nSPS) is 11.9. The van der Waals surface area contributed by atoms with Gasteiger partial charge in [0.2, 0.25) is 5.91 Å². The van der Waals surface area contributed by atoms with Gasteiger partial charge in [-0.05, 0) is 43.3 Å². The number of nitrogens with zero attached hydrogens (tertiary/aromatic N) is 3. The predicted molar refractivity (Wildman–Crippen MR) is 108 cm³/mol. The van der Waals surface area contributed by atoms with Crippen LogP contribution in [0.15, 0.2) is 53.7 Å². The zero-order valence-electron chi connectivity index (χ0n) is 15.1. The molecule has 0 unspecified atom stereocenters. The number of thioether (sulfide) groups is 1. The van der Waals surface area contributed by atoms with E-state index in [1.54, 1.807) is 31.4 Å². The largest absolute Gasteiger partial charge is 0.497 e. The number of rotatable bonds is 6. The molecular formula is C19H19ClN4O2S. The molecule has 0 fully saturated rings. The Morgan fingerprint density at radius 2 is 1.89 bits per heavy atom. The zero-order valence-corrected chi connectivity index (χ0v) is 16.7. The fourth-order valence-corrected chi connectivity index (χ4v) is 3.46. The molecule has 0 saturated carbocycles. The Kier molecular flexibility index (Phi) is 6.03. The fraction of sp³-hybridized carbons (Fsp3) is 0.211. The highest BCUT2D eigenvalue weighted by Crippen LogP contribution is 2.30. The molecule has 1 heterocycles. The maximum Gasteiger partial charge on any atom is 0.237 e. The molecule has 0 radical (unpaired) electrons. The van der Waals surface area contributed by atoms with Crippen molar-refractivity contribution in [2.75, 3.05) is 12.4 Å². The predicted octanol–water partition coefficient (Wildman–Crippen LogP) is 4.26. The summed E-state index contributed by atoms with van der Waals surface area (Å²) in [7, 11) is 3.46. The summed E-state index contributed by atoms with van der Waals surface area (Å²) in [5.41, 5.74) is 1.51. The topological polar surface area (TPSA) is 69.0 Å². The van der Waals surface area contributed by atoms with Gasteiger partial charge >= 0.3 is 0 Å². The first-order valence-corrected chi connectivity index (χ1v) is 9.51. The average Bonchev–Trinajstić information content (AvgIpc) is 3.03. The summed E-state index contributed by atoms with van der Waals surface area (Å²) in [4.78, 5) is 12.5. The first-order chi connectivity index (χ1) is 13.0. The van der Waals surface area contributed by atoms with Crippen molar-refractivity contribution < 1.29 is 9.53 Å². The standard InChI is InChI=1S/C19H19ClN4O2S/c1-12(18(25)21-13-8-10-14(26-3)11-9-13)27-19-23-22-17(24(19)2)15-6-4-5-7-16(15)20/h4-12H,1-3H3,(H,21,25)/t12-/m0/s1. The first kappa shape index (κ1) is 19.3. The molecule has 0 saturated heterocycles. The van der Waals surface area contributed by atoms with E-state index in [0.29, 0.717) is 21.7 Å². The van der Waals surface area contributed by atoms with Crippen molar-refractivity contribution in [3.63, 3.8) is 0 Å². The fourth-order valence-electron chi connectivity index (χ4n) is 2.42. The van der Waals surface area contributed by atoms with Crippen LogP contribution in [0.4, 0.5) is 5.69 Å². The van der Waals surface area contributed by atoms with Crippen LogP contribution >= 0.6 is 23.4 Å². The minimum atomic E-state index is -0.353. The lowest BCUT2D eigenvalue weighted by Crippen LogP contribution is -2.22.